The van der Waals surface area contributed by atoms with E-state index in [1.807, 2.05) is 12.1 Å². The maximum absolute atomic E-state index is 13.6. The number of halogens is 3. The quantitative estimate of drug-likeness (QED) is 0.578. The topological polar surface area (TPSA) is 41.6 Å². The van der Waals surface area contributed by atoms with Crippen molar-refractivity contribution in [3.63, 3.8) is 0 Å². The molecule has 2 aromatic rings. The van der Waals surface area contributed by atoms with E-state index in [1.165, 1.54) is 12.1 Å². The van der Waals surface area contributed by atoms with Crippen LogP contribution in [-0.2, 0) is 17.3 Å². The van der Waals surface area contributed by atoms with Gasteiger partial charge in [-0.2, -0.15) is 13.2 Å². The lowest BCUT2D eigenvalue weighted by Crippen LogP contribution is -2.53. The van der Waals surface area contributed by atoms with Crippen LogP contribution in [0, 0.1) is 11.3 Å². The van der Waals surface area contributed by atoms with Crippen LogP contribution in [0.1, 0.15) is 55.8 Å². The van der Waals surface area contributed by atoms with Gasteiger partial charge in [-0.05, 0) is 78.4 Å². The molecule has 3 fully saturated rings. The average Bonchev–Trinajstić information content (AvgIpc) is 2.81. The lowest BCUT2D eigenvalue weighted by molar-refractivity contribution is -0.137. The minimum absolute atomic E-state index is 0.0741. The average molecular weight is 473 g/mol. The number of nitrogens with zero attached hydrogens (tertiary/aromatic N) is 1. The minimum Gasteiger partial charge on any atom is -0.445 e. The summed E-state index contributed by atoms with van der Waals surface area (Å²) in [6.07, 6.45) is -1.20. The van der Waals surface area contributed by atoms with Gasteiger partial charge in [-0.3, -0.25) is 4.90 Å². The second-order valence-corrected chi connectivity index (χ2v) is 10.6. The van der Waals surface area contributed by atoms with Gasteiger partial charge in [-0.1, -0.05) is 50.2 Å². The lowest BCUT2D eigenvalue weighted by atomic mass is 9.70. The molecule has 1 unspecified atom stereocenters. The first kappa shape index (κ1) is 23.2. The molecule has 1 aliphatic carbocycles. The maximum Gasteiger partial charge on any atom is 0.417 e. The molecule has 2 bridgehead atoms. The third-order valence-electron chi connectivity index (χ3n) is 7.93. The van der Waals surface area contributed by atoms with E-state index >= 15 is 0 Å². The van der Waals surface area contributed by atoms with E-state index in [1.54, 1.807) is 12.1 Å². The first-order chi connectivity index (χ1) is 16.1. The normalized spacial score (nSPS) is 27.7. The van der Waals surface area contributed by atoms with Crippen LogP contribution in [-0.4, -0.2) is 36.7 Å². The largest absolute Gasteiger partial charge is 0.445 e. The predicted octanol–water partition coefficient (Wildman–Crippen LogP) is 6.21. The monoisotopic (exact) mass is 472 g/mol. The van der Waals surface area contributed by atoms with Gasteiger partial charge in [0.25, 0.3) is 0 Å². The summed E-state index contributed by atoms with van der Waals surface area (Å²) in [4.78, 5) is 15.3. The summed E-state index contributed by atoms with van der Waals surface area (Å²) < 4.78 is 46.6. The molecule has 3 saturated heterocycles. The molecule has 0 saturated carbocycles. The van der Waals surface area contributed by atoms with Crippen LogP contribution < -0.4 is 5.32 Å². The molecule has 2 aromatic carbocycles. The van der Waals surface area contributed by atoms with Crippen LogP contribution in [0.5, 0.6) is 0 Å². The highest BCUT2D eigenvalue weighted by atomic mass is 19.4. The molecule has 0 spiro atoms. The standard InChI is InChI=1S/C27H31F3N2O2/c1-26(2)12-9-19-15-18(20-5-3-4-6-22(20)27(28,29)30)7-8-21(19)24(26)31-25(33)34-23-16-32-13-10-17(23)11-14-32/h3-8,15,17,23-24H,9-14,16H2,1-2H3,(H,31,33)/t23-,24?/m1/s1. The molecule has 4 nitrogen and oxygen atoms in total. The van der Waals surface area contributed by atoms with Crippen molar-refractivity contribution in [3.8, 4) is 11.1 Å². The maximum atomic E-state index is 13.6. The van der Waals surface area contributed by atoms with E-state index in [0.29, 0.717) is 11.5 Å². The molecule has 1 amide bonds. The van der Waals surface area contributed by atoms with Crippen LogP contribution in [0.2, 0.25) is 0 Å². The second-order valence-electron chi connectivity index (χ2n) is 10.6. The second kappa shape index (κ2) is 8.59. The number of hydrogen-bond acceptors (Lipinski definition) is 3. The van der Waals surface area contributed by atoms with Crippen molar-refractivity contribution in [2.24, 2.45) is 11.3 Å². The highest BCUT2D eigenvalue weighted by Crippen LogP contribution is 2.45. The Kier molecular flexibility index (Phi) is 5.87. The van der Waals surface area contributed by atoms with Gasteiger partial charge in [-0.15, -0.1) is 0 Å². The number of carbonyl (C=O) groups excluding carboxylic acids is 1. The number of benzene rings is 2. The zero-order valence-electron chi connectivity index (χ0n) is 19.6. The molecule has 4 aliphatic rings. The first-order valence-electron chi connectivity index (χ1n) is 12.1. The Hall–Kier alpha value is -2.54. The van der Waals surface area contributed by atoms with Gasteiger partial charge < -0.3 is 10.1 Å². The number of fused-ring (bicyclic) bond motifs is 4. The Balaban J connectivity index is 1.39. The number of alkyl halides is 3. The number of rotatable bonds is 3. The molecule has 3 heterocycles. The van der Waals surface area contributed by atoms with E-state index in [4.69, 9.17) is 4.74 Å². The van der Waals surface area contributed by atoms with Crippen molar-refractivity contribution in [1.29, 1.82) is 0 Å². The fourth-order valence-electron chi connectivity index (χ4n) is 5.88. The molecule has 0 aromatic heterocycles. The highest BCUT2D eigenvalue weighted by Gasteiger charge is 2.40. The van der Waals surface area contributed by atoms with Gasteiger partial charge in [0.05, 0.1) is 11.6 Å². The summed E-state index contributed by atoms with van der Waals surface area (Å²) in [5.74, 6) is 0.429. The van der Waals surface area contributed by atoms with Crippen molar-refractivity contribution >= 4 is 6.09 Å². The number of nitrogens with one attached hydrogen (secondary N) is 1. The van der Waals surface area contributed by atoms with Gasteiger partial charge in [-0.25, -0.2) is 4.79 Å². The number of amides is 1. The third kappa shape index (κ3) is 4.42. The Morgan fingerprint density at radius 3 is 2.53 bits per heavy atom. The molecular formula is C27H31F3N2O2. The number of aryl methyl sites for hydroxylation is 1. The summed E-state index contributed by atoms with van der Waals surface area (Å²) >= 11 is 0. The summed E-state index contributed by atoms with van der Waals surface area (Å²) in [5, 5.41) is 3.11. The molecule has 3 aliphatic heterocycles. The Morgan fingerprint density at radius 1 is 1.12 bits per heavy atom. The minimum atomic E-state index is -4.42. The number of alkyl carbamates (subject to hydrolysis) is 1. The summed E-state index contributed by atoms with van der Waals surface area (Å²) in [6, 6.07) is 10.9. The lowest BCUT2D eigenvalue weighted by Gasteiger charge is -2.44. The molecule has 7 heteroatoms. The number of piperidine rings is 3. The van der Waals surface area contributed by atoms with E-state index in [0.717, 1.165) is 62.5 Å². The van der Waals surface area contributed by atoms with Gasteiger partial charge in [0.15, 0.2) is 0 Å². The predicted molar refractivity (Wildman–Crippen MR) is 124 cm³/mol. The van der Waals surface area contributed by atoms with Gasteiger partial charge >= 0.3 is 12.3 Å². The Labute approximate surface area is 198 Å². The van der Waals surface area contributed by atoms with Crippen LogP contribution in [0.25, 0.3) is 11.1 Å². The summed E-state index contributed by atoms with van der Waals surface area (Å²) in [7, 11) is 0. The number of carbonyl (C=O) groups is 1. The summed E-state index contributed by atoms with van der Waals surface area (Å²) in [6.45, 7) is 7.18. The van der Waals surface area contributed by atoms with Crippen LogP contribution in [0.3, 0.4) is 0 Å². The first-order valence-corrected chi connectivity index (χ1v) is 12.1. The highest BCUT2D eigenvalue weighted by molar-refractivity contribution is 5.71. The number of ether oxygens (including phenoxy) is 1. The molecule has 1 N–H and O–H groups in total. The smallest absolute Gasteiger partial charge is 0.417 e. The molecular weight excluding hydrogens is 441 g/mol. The van der Waals surface area contributed by atoms with Crippen LogP contribution in [0.4, 0.5) is 18.0 Å². The fourth-order valence-corrected chi connectivity index (χ4v) is 5.88. The number of hydrogen-bond donors (Lipinski definition) is 1. The van der Waals surface area contributed by atoms with Crippen molar-refractivity contribution in [1.82, 2.24) is 10.2 Å². The van der Waals surface area contributed by atoms with Gasteiger partial charge in [0, 0.05) is 6.54 Å². The molecule has 34 heavy (non-hydrogen) atoms. The fraction of sp³-hybridized carbons (Fsp3) is 0.519. The van der Waals surface area contributed by atoms with Crippen molar-refractivity contribution in [2.75, 3.05) is 19.6 Å². The van der Waals surface area contributed by atoms with E-state index in [2.05, 4.69) is 24.1 Å². The van der Waals surface area contributed by atoms with Crippen LogP contribution in [0.15, 0.2) is 42.5 Å². The Morgan fingerprint density at radius 2 is 1.85 bits per heavy atom. The molecule has 0 radical (unpaired) electrons. The van der Waals surface area contributed by atoms with Gasteiger partial charge in [0.2, 0.25) is 0 Å². The van der Waals surface area contributed by atoms with E-state index in [-0.39, 0.29) is 23.1 Å². The van der Waals surface area contributed by atoms with Crippen molar-refractivity contribution in [2.45, 2.75) is 57.9 Å². The third-order valence-corrected chi connectivity index (χ3v) is 7.93. The van der Waals surface area contributed by atoms with Crippen LogP contribution >= 0.6 is 0 Å². The molecule has 2 atom stereocenters. The van der Waals surface area contributed by atoms with Crippen molar-refractivity contribution < 1.29 is 22.7 Å². The van der Waals surface area contributed by atoms with Crippen molar-refractivity contribution in [3.05, 3.63) is 59.2 Å². The zero-order valence-corrected chi connectivity index (χ0v) is 19.6. The SMILES string of the molecule is CC1(C)CCc2cc(-c3ccccc3C(F)(F)F)ccc2C1NC(=O)O[C@@H]1CN2CCC1CC2. The van der Waals surface area contributed by atoms with E-state index in [9.17, 15) is 18.0 Å². The zero-order chi connectivity index (χ0) is 24.1. The van der Waals surface area contributed by atoms with E-state index < -0.39 is 17.8 Å². The Bertz CT molecular complexity index is 1070. The molecule has 182 valence electrons. The molecule has 6 rings (SSSR count). The summed E-state index contributed by atoms with van der Waals surface area (Å²) in [5.41, 5.74) is 1.81. The van der Waals surface area contributed by atoms with Gasteiger partial charge in [0.1, 0.15) is 6.10 Å².